The Morgan fingerprint density at radius 2 is 1.52 bits per heavy atom. The average Bonchev–Trinajstić information content (AvgIpc) is 3.15. The lowest BCUT2D eigenvalue weighted by atomic mass is 9.95. The Bertz CT molecular complexity index is 885. The fraction of sp³-hybridized carbons (Fsp3) is 0.417. The van der Waals surface area contributed by atoms with E-state index in [0.717, 1.165) is 14.5 Å². The van der Waals surface area contributed by atoms with Crippen molar-refractivity contribution in [1.82, 2.24) is 0 Å². The van der Waals surface area contributed by atoms with Crippen molar-refractivity contribution in [3.63, 3.8) is 0 Å². The molecule has 31 heavy (non-hydrogen) atoms. The Morgan fingerprint density at radius 1 is 0.903 bits per heavy atom. The molecule has 4 atom stereocenters. The van der Waals surface area contributed by atoms with Gasteiger partial charge in [0, 0.05) is 0 Å². The molecule has 2 fully saturated rings. The molecule has 2 heterocycles. The second kappa shape index (κ2) is 9.83. The van der Waals surface area contributed by atoms with Crippen molar-refractivity contribution in [2.24, 2.45) is 0 Å². The van der Waals surface area contributed by atoms with Crippen LogP contribution >= 0.6 is 31.9 Å². The number of hydrogen-bond donors (Lipinski definition) is 0. The van der Waals surface area contributed by atoms with Crippen LogP contribution in [0.15, 0.2) is 70.1 Å². The molecule has 2 saturated heterocycles. The van der Waals surface area contributed by atoms with Gasteiger partial charge in [-0.25, -0.2) is 0 Å². The largest absolute Gasteiger partial charge is 0.373 e. The molecular formula is C24H26Br2O5. The predicted molar refractivity (Wildman–Crippen MR) is 125 cm³/mol. The fourth-order valence-corrected chi connectivity index (χ4v) is 4.75. The topological polar surface area (TPSA) is 46.2 Å². The molecule has 0 aliphatic carbocycles. The van der Waals surface area contributed by atoms with Crippen molar-refractivity contribution in [2.45, 2.75) is 56.9 Å². The van der Waals surface area contributed by atoms with E-state index >= 15 is 0 Å². The first kappa shape index (κ1) is 23.1. The third-order valence-corrected chi connectivity index (χ3v) is 5.73. The molecule has 2 aromatic rings. The smallest absolute Gasteiger partial charge is 0.191 e. The van der Waals surface area contributed by atoms with Crippen LogP contribution in [0.2, 0.25) is 0 Å². The van der Waals surface area contributed by atoms with Gasteiger partial charge in [0.2, 0.25) is 0 Å². The van der Waals surface area contributed by atoms with E-state index in [9.17, 15) is 0 Å². The van der Waals surface area contributed by atoms with E-state index in [4.69, 9.17) is 23.7 Å². The average molecular weight is 554 g/mol. The van der Waals surface area contributed by atoms with Gasteiger partial charge in [-0.15, -0.1) is 0 Å². The minimum Gasteiger partial charge on any atom is -0.373 e. The lowest BCUT2D eigenvalue weighted by Crippen LogP contribution is -2.48. The first-order valence-electron chi connectivity index (χ1n) is 10.2. The van der Waals surface area contributed by atoms with Crippen molar-refractivity contribution in [3.8, 4) is 0 Å². The van der Waals surface area contributed by atoms with Crippen LogP contribution in [0.5, 0.6) is 0 Å². The van der Waals surface area contributed by atoms with Crippen molar-refractivity contribution in [3.05, 3.63) is 81.3 Å². The summed E-state index contributed by atoms with van der Waals surface area (Å²) in [4.78, 5) is 0. The van der Waals surface area contributed by atoms with E-state index in [1.165, 1.54) is 0 Å². The summed E-state index contributed by atoms with van der Waals surface area (Å²) in [5.74, 6) is -0.740. The molecule has 7 heteroatoms. The molecule has 0 bridgehead atoms. The molecule has 0 amide bonds. The number of ether oxygens (including phenoxy) is 5. The molecule has 0 N–H and O–H groups in total. The van der Waals surface area contributed by atoms with Gasteiger partial charge in [-0.3, -0.25) is 0 Å². The highest BCUT2D eigenvalue weighted by Gasteiger charge is 2.62. The zero-order chi connectivity index (χ0) is 21.9. The number of rotatable bonds is 8. The summed E-state index contributed by atoms with van der Waals surface area (Å²) in [6.45, 7) is 4.94. The second-order valence-corrected chi connectivity index (χ2v) is 10.9. The van der Waals surface area contributed by atoms with E-state index in [2.05, 4.69) is 31.9 Å². The Kier molecular flexibility index (Phi) is 7.33. The van der Waals surface area contributed by atoms with E-state index in [1.807, 2.05) is 80.6 Å². The van der Waals surface area contributed by atoms with Crippen molar-refractivity contribution in [2.75, 3.05) is 6.61 Å². The van der Waals surface area contributed by atoms with Gasteiger partial charge < -0.3 is 23.7 Å². The van der Waals surface area contributed by atoms with Gasteiger partial charge in [0.1, 0.15) is 17.8 Å². The van der Waals surface area contributed by atoms with Gasteiger partial charge in [-0.1, -0.05) is 60.7 Å². The summed E-state index contributed by atoms with van der Waals surface area (Å²) in [6, 6.07) is 20.1. The minimum absolute atomic E-state index is 0.280. The normalized spacial score (nSPS) is 29.0. The molecule has 0 saturated carbocycles. The third kappa shape index (κ3) is 5.66. The minimum atomic E-state index is -0.891. The Balaban J connectivity index is 1.56. The molecule has 2 aromatic carbocycles. The summed E-state index contributed by atoms with van der Waals surface area (Å²) >= 11 is 6.97. The standard InChI is InChI=1S/C24H26Br2O5/c1-23(2)29-20-21(28-15-18-11-7-4-8-12-18)24(13-19(25)26,31-22(20)30-23)16-27-14-17-9-5-3-6-10-17/h3-13,20-22H,14-16H2,1-2H3/t20?,21?,22-,24-/m1/s1. The summed E-state index contributed by atoms with van der Waals surface area (Å²) in [6.07, 6.45) is 0.563. The molecule has 4 rings (SSSR count). The molecule has 2 aliphatic rings. The van der Waals surface area contributed by atoms with Gasteiger partial charge in [0.15, 0.2) is 12.1 Å². The number of hydrogen-bond acceptors (Lipinski definition) is 5. The highest BCUT2D eigenvalue weighted by Crippen LogP contribution is 2.46. The van der Waals surface area contributed by atoms with E-state index in [0.29, 0.717) is 13.2 Å². The molecule has 166 valence electrons. The van der Waals surface area contributed by atoms with Crippen molar-refractivity contribution < 1.29 is 23.7 Å². The maximum Gasteiger partial charge on any atom is 0.191 e. The Labute approximate surface area is 199 Å². The summed E-state index contributed by atoms with van der Waals surface area (Å²) < 4.78 is 31.9. The molecule has 2 unspecified atom stereocenters. The van der Waals surface area contributed by atoms with Crippen LogP contribution in [0.25, 0.3) is 0 Å². The zero-order valence-electron chi connectivity index (χ0n) is 17.5. The number of benzene rings is 2. The molecule has 0 radical (unpaired) electrons. The quantitative estimate of drug-likeness (QED) is 0.421. The number of halogens is 2. The van der Waals surface area contributed by atoms with Crippen molar-refractivity contribution >= 4 is 31.9 Å². The molecule has 0 spiro atoms. The monoisotopic (exact) mass is 552 g/mol. The van der Waals surface area contributed by atoms with Gasteiger partial charge >= 0.3 is 0 Å². The maximum atomic E-state index is 6.42. The van der Waals surface area contributed by atoms with Crippen LogP contribution in [0, 0.1) is 0 Å². The molecular weight excluding hydrogens is 528 g/mol. The Hall–Kier alpha value is -1.06. The molecule has 5 nitrogen and oxygen atoms in total. The SMILES string of the molecule is CC1(C)OC2C(OCc3ccccc3)[C@@](C=C(Br)Br)(COCc3ccccc3)O[C@H]2O1. The highest BCUT2D eigenvalue weighted by molar-refractivity contribution is 9.28. The van der Waals surface area contributed by atoms with Crippen LogP contribution in [0.1, 0.15) is 25.0 Å². The highest BCUT2D eigenvalue weighted by atomic mass is 79.9. The lowest BCUT2D eigenvalue weighted by molar-refractivity contribution is -0.243. The third-order valence-electron chi connectivity index (χ3n) is 5.27. The first-order valence-corrected chi connectivity index (χ1v) is 11.8. The Morgan fingerprint density at radius 3 is 2.13 bits per heavy atom. The molecule has 2 aliphatic heterocycles. The number of fused-ring (bicyclic) bond motifs is 1. The summed E-state index contributed by atoms with van der Waals surface area (Å²) in [7, 11) is 0. The van der Waals surface area contributed by atoms with Crippen LogP contribution in [-0.2, 0) is 36.9 Å². The van der Waals surface area contributed by atoms with E-state index in [1.54, 1.807) is 0 Å². The summed E-state index contributed by atoms with van der Waals surface area (Å²) in [5.41, 5.74) is 1.27. The zero-order valence-corrected chi connectivity index (χ0v) is 20.7. The van der Waals surface area contributed by atoms with Gasteiger partial charge in [-0.2, -0.15) is 0 Å². The lowest BCUT2D eigenvalue weighted by Gasteiger charge is -2.34. The van der Waals surface area contributed by atoms with Gasteiger partial charge in [-0.05, 0) is 62.9 Å². The first-order chi connectivity index (χ1) is 14.9. The van der Waals surface area contributed by atoms with Crippen LogP contribution in [0.4, 0.5) is 0 Å². The van der Waals surface area contributed by atoms with Crippen LogP contribution in [-0.4, -0.2) is 36.5 Å². The van der Waals surface area contributed by atoms with E-state index in [-0.39, 0.29) is 12.7 Å². The van der Waals surface area contributed by atoms with Gasteiger partial charge in [0.25, 0.3) is 0 Å². The van der Waals surface area contributed by atoms with Crippen LogP contribution in [0.3, 0.4) is 0 Å². The maximum absolute atomic E-state index is 6.42. The molecule has 0 aromatic heterocycles. The second-order valence-electron chi connectivity index (χ2n) is 8.17. The fourth-order valence-electron chi connectivity index (χ4n) is 3.97. The summed E-state index contributed by atoms with van der Waals surface area (Å²) in [5, 5.41) is 0. The van der Waals surface area contributed by atoms with Crippen LogP contribution < -0.4 is 0 Å². The van der Waals surface area contributed by atoms with E-state index < -0.39 is 23.8 Å². The van der Waals surface area contributed by atoms with Crippen molar-refractivity contribution in [1.29, 1.82) is 0 Å². The van der Waals surface area contributed by atoms with Gasteiger partial charge in [0.05, 0.1) is 23.2 Å². The predicted octanol–water partition coefficient (Wildman–Crippen LogP) is 5.67.